The van der Waals surface area contributed by atoms with Crippen LogP contribution in [-0.2, 0) is 9.53 Å². The van der Waals surface area contributed by atoms with Crippen LogP contribution >= 0.6 is 23.2 Å². The highest BCUT2D eigenvalue weighted by Crippen LogP contribution is 2.23. The monoisotopic (exact) mass is 374 g/mol. The minimum absolute atomic E-state index is 0.00559. The maximum Gasteiger partial charge on any atom is 0.344 e. The maximum atomic E-state index is 13.5. The second-order valence-corrected chi connectivity index (χ2v) is 5.46. The predicted octanol–water partition coefficient (Wildman–Crippen LogP) is 3.85. The Morgan fingerprint density at radius 3 is 2.46 bits per heavy atom. The number of pyridine rings is 1. The molecule has 2 aromatic rings. The average Bonchev–Trinajstić information content (AvgIpc) is 2.49. The summed E-state index contributed by atoms with van der Waals surface area (Å²) in [5, 5.41) is 2.67. The predicted molar refractivity (Wildman–Crippen MR) is 84.1 cm³/mol. The molecule has 0 saturated carbocycles. The normalized spacial score (nSPS) is 11.7. The van der Waals surface area contributed by atoms with Crippen molar-refractivity contribution in [2.75, 3.05) is 5.32 Å². The van der Waals surface area contributed by atoms with Gasteiger partial charge in [-0.25, -0.2) is 18.6 Å². The van der Waals surface area contributed by atoms with E-state index < -0.39 is 35.2 Å². The molecule has 0 unspecified atom stereocenters. The molecule has 1 N–H and O–H groups in total. The summed E-state index contributed by atoms with van der Waals surface area (Å²) in [6, 6.07) is 4.27. The van der Waals surface area contributed by atoms with Crippen LogP contribution in [0.4, 0.5) is 14.6 Å². The molecule has 1 heterocycles. The molecule has 1 aromatic carbocycles. The van der Waals surface area contributed by atoms with Gasteiger partial charge in [-0.15, -0.1) is 0 Å². The zero-order valence-corrected chi connectivity index (χ0v) is 13.7. The number of rotatable bonds is 4. The van der Waals surface area contributed by atoms with Gasteiger partial charge in [0.15, 0.2) is 11.9 Å². The topological polar surface area (TPSA) is 68.3 Å². The van der Waals surface area contributed by atoms with E-state index in [2.05, 4.69) is 10.3 Å². The summed E-state index contributed by atoms with van der Waals surface area (Å²) in [4.78, 5) is 27.6. The quantitative estimate of drug-likeness (QED) is 0.825. The summed E-state index contributed by atoms with van der Waals surface area (Å²) in [7, 11) is 0. The zero-order valence-electron chi connectivity index (χ0n) is 12.1. The van der Waals surface area contributed by atoms with Gasteiger partial charge in [0.1, 0.15) is 17.2 Å². The van der Waals surface area contributed by atoms with Crippen molar-refractivity contribution >= 4 is 40.9 Å². The fourth-order valence-electron chi connectivity index (χ4n) is 1.69. The SMILES string of the molecule is C[C@@H](OC(=O)c1c(F)cccc1F)C(=O)Nc1ncc(Cl)cc1Cl. The summed E-state index contributed by atoms with van der Waals surface area (Å²) < 4.78 is 31.8. The van der Waals surface area contributed by atoms with E-state index in [0.717, 1.165) is 18.2 Å². The number of nitrogens with one attached hydrogen (secondary N) is 1. The smallest absolute Gasteiger partial charge is 0.344 e. The third kappa shape index (κ3) is 4.18. The van der Waals surface area contributed by atoms with Crippen LogP contribution in [0.5, 0.6) is 0 Å². The summed E-state index contributed by atoms with van der Waals surface area (Å²) in [6.07, 6.45) is -0.0842. The molecule has 1 aromatic heterocycles. The van der Waals surface area contributed by atoms with Crippen molar-refractivity contribution < 1.29 is 23.1 Å². The molecule has 24 heavy (non-hydrogen) atoms. The van der Waals surface area contributed by atoms with E-state index in [-0.39, 0.29) is 15.9 Å². The molecule has 2 rings (SSSR count). The first-order valence-electron chi connectivity index (χ1n) is 6.56. The minimum atomic E-state index is -1.34. The molecule has 0 spiro atoms. The van der Waals surface area contributed by atoms with Gasteiger partial charge in [-0.1, -0.05) is 29.3 Å². The van der Waals surface area contributed by atoms with Gasteiger partial charge in [-0.3, -0.25) is 4.79 Å². The van der Waals surface area contributed by atoms with Crippen molar-refractivity contribution in [2.24, 2.45) is 0 Å². The summed E-state index contributed by atoms with van der Waals surface area (Å²) in [5.74, 6) is -4.25. The number of hydrogen-bond acceptors (Lipinski definition) is 4. The lowest BCUT2D eigenvalue weighted by atomic mass is 10.2. The molecule has 0 saturated heterocycles. The number of halogens is 4. The van der Waals surface area contributed by atoms with Gasteiger partial charge in [0, 0.05) is 6.20 Å². The highest BCUT2D eigenvalue weighted by Gasteiger charge is 2.24. The molecule has 1 atom stereocenters. The van der Waals surface area contributed by atoms with E-state index in [1.807, 2.05) is 0 Å². The summed E-state index contributed by atoms with van der Waals surface area (Å²) in [6.45, 7) is 1.23. The van der Waals surface area contributed by atoms with E-state index in [4.69, 9.17) is 27.9 Å². The zero-order chi connectivity index (χ0) is 17.9. The van der Waals surface area contributed by atoms with E-state index >= 15 is 0 Å². The number of anilines is 1. The molecule has 126 valence electrons. The largest absolute Gasteiger partial charge is 0.449 e. The Morgan fingerprint density at radius 1 is 1.25 bits per heavy atom. The van der Waals surface area contributed by atoms with Crippen molar-refractivity contribution in [3.8, 4) is 0 Å². The van der Waals surface area contributed by atoms with Crippen LogP contribution in [-0.4, -0.2) is 23.0 Å². The molecule has 0 fully saturated rings. The van der Waals surface area contributed by atoms with Gasteiger partial charge in [-0.05, 0) is 25.1 Å². The van der Waals surface area contributed by atoms with Gasteiger partial charge >= 0.3 is 5.97 Å². The lowest BCUT2D eigenvalue weighted by Gasteiger charge is -2.14. The Morgan fingerprint density at radius 2 is 1.88 bits per heavy atom. The number of nitrogens with zero attached hydrogens (tertiary/aromatic N) is 1. The lowest BCUT2D eigenvalue weighted by Crippen LogP contribution is -2.31. The van der Waals surface area contributed by atoms with E-state index in [0.29, 0.717) is 0 Å². The second-order valence-electron chi connectivity index (χ2n) is 4.62. The van der Waals surface area contributed by atoms with Crippen molar-refractivity contribution in [3.63, 3.8) is 0 Å². The minimum Gasteiger partial charge on any atom is -0.449 e. The Hall–Kier alpha value is -2.25. The van der Waals surface area contributed by atoms with Gasteiger partial charge in [0.2, 0.25) is 0 Å². The van der Waals surface area contributed by atoms with Crippen LogP contribution in [0.15, 0.2) is 30.5 Å². The van der Waals surface area contributed by atoms with E-state index in [9.17, 15) is 18.4 Å². The van der Waals surface area contributed by atoms with Crippen molar-refractivity contribution in [1.29, 1.82) is 0 Å². The molecule has 1 amide bonds. The van der Waals surface area contributed by atoms with Crippen molar-refractivity contribution in [1.82, 2.24) is 4.98 Å². The van der Waals surface area contributed by atoms with Gasteiger partial charge in [0.05, 0.1) is 10.0 Å². The Kier molecular flexibility index (Phi) is 5.69. The fourth-order valence-corrected chi connectivity index (χ4v) is 2.12. The third-order valence-electron chi connectivity index (χ3n) is 2.87. The molecule has 0 radical (unpaired) electrons. The molecule has 0 aliphatic rings. The fraction of sp³-hybridized carbons (Fsp3) is 0.133. The molecular weight excluding hydrogens is 365 g/mol. The summed E-state index contributed by atoms with van der Waals surface area (Å²) in [5.41, 5.74) is -0.875. The van der Waals surface area contributed by atoms with E-state index in [1.165, 1.54) is 19.2 Å². The van der Waals surface area contributed by atoms with Gasteiger partial charge < -0.3 is 10.1 Å². The number of esters is 1. The van der Waals surface area contributed by atoms with Crippen molar-refractivity contribution in [3.05, 3.63) is 57.7 Å². The Balaban J connectivity index is 2.07. The number of benzene rings is 1. The first kappa shape index (κ1) is 18.1. The average molecular weight is 375 g/mol. The molecule has 0 bridgehead atoms. The van der Waals surface area contributed by atoms with Crippen LogP contribution in [0.3, 0.4) is 0 Å². The highest BCUT2D eigenvalue weighted by atomic mass is 35.5. The molecular formula is C15H10Cl2F2N2O3. The van der Waals surface area contributed by atoms with Crippen molar-refractivity contribution in [2.45, 2.75) is 13.0 Å². The Bertz CT molecular complexity index is 782. The number of carbonyl (C=O) groups is 2. The van der Waals surface area contributed by atoms with Crippen LogP contribution < -0.4 is 5.32 Å². The van der Waals surface area contributed by atoms with Crippen LogP contribution in [0.2, 0.25) is 10.0 Å². The Labute approximate surface area is 145 Å². The van der Waals surface area contributed by atoms with Gasteiger partial charge in [0.25, 0.3) is 5.91 Å². The third-order valence-corrected chi connectivity index (χ3v) is 3.36. The van der Waals surface area contributed by atoms with Crippen LogP contribution in [0.1, 0.15) is 17.3 Å². The van der Waals surface area contributed by atoms with E-state index in [1.54, 1.807) is 0 Å². The number of amides is 1. The number of aromatic nitrogens is 1. The maximum absolute atomic E-state index is 13.5. The lowest BCUT2D eigenvalue weighted by molar-refractivity contribution is -0.123. The standard InChI is InChI=1S/C15H10Cl2F2N2O3/c1-7(14(22)21-13-9(17)5-8(16)6-20-13)24-15(23)12-10(18)3-2-4-11(12)19/h2-7H,1H3,(H,20,21,22)/t7-/m1/s1. The first-order chi connectivity index (χ1) is 11.3. The van der Waals surface area contributed by atoms with Crippen LogP contribution in [0.25, 0.3) is 0 Å². The van der Waals surface area contributed by atoms with Crippen LogP contribution in [0, 0.1) is 11.6 Å². The second kappa shape index (κ2) is 7.55. The number of hydrogen-bond donors (Lipinski definition) is 1. The molecule has 0 aliphatic heterocycles. The number of carbonyl (C=O) groups excluding carboxylic acids is 2. The van der Waals surface area contributed by atoms with Gasteiger partial charge in [-0.2, -0.15) is 0 Å². The molecule has 0 aliphatic carbocycles. The number of ether oxygens (including phenoxy) is 1. The summed E-state index contributed by atoms with van der Waals surface area (Å²) >= 11 is 11.5. The first-order valence-corrected chi connectivity index (χ1v) is 7.32. The highest BCUT2D eigenvalue weighted by molar-refractivity contribution is 6.36. The molecule has 9 heteroatoms. The molecule has 5 nitrogen and oxygen atoms in total.